The second kappa shape index (κ2) is 10.3. The van der Waals surface area contributed by atoms with Crippen molar-refractivity contribution in [1.29, 1.82) is 0 Å². The second-order valence-corrected chi connectivity index (χ2v) is 8.82. The van der Waals surface area contributed by atoms with Crippen molar-refractivity contribution < 1.29 is 4.79 Å². The average Bonchev–Trinajstić information content (AvgIpc) is 3.40. The van der Waals surface area contributed by atoms with E-state index in [1.165, 1.54) is 23.1 Å². The Morgan fingerprint density at radius 3 is 2.48 bits per heavy atom. The highest BCUT2D eigenvalue weighted by Gasteiger charge is 2.17. The number of amides is 1. The maximum Gasteiger partial charge on any atom is 0.236 e. The number of hydrogen-bond donors (Lipinski definition) is 1. The van der Waals surface area contributed by atoms with Gasteiger partial charge in [-0.1, -0.05) is 78.6 Å². The SMILES string of the molecule is CCCc1nnc(NC(=O)CSc2nnc(Cc3ccccc3)n2-c2ccccc2)s1. The van der Waals surface area contributed by atoms with Gasteiger partial charge in [-0.15, -0.1) is 20.4 Å². The number of anilines is 1. The maximum absolute atomic E-state index is 12.4. The average molecular weight is 451 g/mol. The van der Waals surface area contributed by atoms with Gasteiger partial charge >= 0.3 is 0 Å². The molecule has 2 aromatic carbocycles. The van der Waals surface area contributed by atoms with Gasteiger partial charge in [0, 0.05) is 18.5 Å². The summed E-state index contributed by atoms with van der Waals surface area (Å²) in [6.45, 7) is 2.09. The number of aromatic nitrogens is 5. The molecule has 0 fully saturated rings. The number of aryl methyl sites for hydroxylation is 1. The van der Waals surface area contributed by atoms with Crippen molar-refractivity contribution in [2.24, 2.45) is 0 Å². The third kappa shape index (κ3) is 5.56. The lowest BCUT2D eigenvalue weighted by atomic mass is 10.1. The van der Waals surface area contributed by atoms with Crippen molar-refractivity contribution in [1.82, 2.24) is 25.0 Å². The van der Waals surface area contributed by atoms with Crippen LogP contribution in [0.15, 0.2) is 65.8 Å². The number of nitrogens with zero attached hydrogens (tertiary/aromatic N) is 5. The van der Waals surface area contributed by atoms with E-state index in [0.717, 1.165) is 34.9 Å². The van der Waals surface area contributed by atoms with Gasteiger partial charge in [-0.3, -0.25) is 14.7 Å². The highest BCUT2D eigenvalue weighted by Crippen LogP contribution is 2.24. The van der Waals surface area contributed by atoms with Crippen molar-refractivity contribution >= 4 is 34.1 Å². The summed E-state index contributed by atoms with van der Waals surface area (Å²) in [5, 5.41) is 21.9. The minimum Gasteiger partial charge on any atom is -0.300 e. The summed E-state index contributed by atoms with van der Waals surface area (Å²) >= 11 is 2.77. The highest BCUT2D eigenvalue weighted by atomic mass is 32.2. The molecule has 2 aromatic heterocycles. The van der Waals surface area contributed by atoms with Crippen molar-refractivity contribution in [3.63, 3.8) is 0 Å². The summed E-state index contributed by atoms with van der Waals surface area (Å²) in [5.41, 5.74) is 2.12. The van der Waals surface area contributed by atoms with Crippen LogP contribution in [-0.2, 0) is 17.6 Å². The van der Waals surface area contributed by atoms with Crippen LogP contribution in [-0.4, -0.2) is 36.6 Å². The molecule has 0 unspecified atom stereocenters. The van der Waals surface area contributed by atoms with E-state index < -0.39 is 0 Å². The zero-order chi connectivity index (χ0) is 21.5. The van der Waals surface area contributed by atoms with Crippen molar-refractivity contribution in [2.75, 3.05) is 11.1 Å². The first-order valence-corrected chi connectivity index (χ1v) is 11.8. The Morgan fingerprint density at radius 2 is 1.74 bits per heavy atom. The van der Waals surface area contributed by atoms with Crippen LogP contribution in [0.5, 0.6) is 0 Å². The standard InChI is InChI=1S/C22H22N6OS2/c1-2-9-20-25-26-21(31-20)23-19(29)15-30-22-27-24-18(14-16-10-5-3-6-11-16)28(22)17-12-7-4-8-13-17/h3-8,10-13H,2,9,14-15H2,1H3,(H,23,26,29). The summed E-state index contributed by atoms with van der Waals surface area (Å²) in [4.78, 5) is 12.4. The minimum absolute atomic E-state index is 0.142. The van der Waals surface area contributed by atoms with Crippen LogP contribution >= 0.6 is 23.1 Å². The molecule has 0 aliphatic rings. The number of rotatable bonds is 9. The molecular formula is C22H22N6OS2. The first-order chi connectivity index (χ1) is 15.2. The van der Waals surface area contributed by atoms with Crippen LogP contribution in [0.3, 0.4) is 0 Å². The number of hydrogen-bond acceptors (Lipinski definition) is 7. The van der Waals surface area contributed by atoms with Gasteiger partial charge in [-0.2, -0.15) is 0 Å². The molecule has 7 nitrogen and oxygen atoms in total. The molecule has 0 bridgehead atoms. The lowest BCUT2D eigenvalue weighted by Gasteiger charge is -2.10. The van der Waals surface area contributed by atoms with Crippen molar-refractivity contribution in [3.05, 3.63) is 77.1 Å². The summed E-state index contributed by atoms with van der Waals surface area (Å²) < 4.78 is 2.01. The van der Waals surface area contributed by atoms with Gasteiger partial charge in [-0.25, -0.2) is 0 Å². The van der Waals surface area contributed by atoms with Crippen LogP contribution < -0.4 is 5.32 Å². The van der Waals surface area contributed by atoms with E-state index in [9.17, 15) is 4.79 Å². The number of benzene rings is 2. The number of nitrogens with one attached hydrogen (secondary N) is 1. The minimum atomic E-state index is -0.142. The third-order valence-corrected chi connectivity index (χ3v) is 6.26. The topological polar surface area (TPSA) is 85.6 Å². The molecule has 0 spiro atoms. The van der Waals surface area contributed by atoms with Gasteiger partial charge in [0.25, 0.3) is 0 Å². The fourth-order valence-corrected chi connectivity index (χ4v) is 4.66. The van der Waals surface area contributed by atoms with E-state index in [0.29, 0.717) is 16.7 Å². The molecule has 0 atom stereocenters. The third-order valence-electron chi connectivity index (χ3n) is 4.43. The molecule has 0 aliphatic heterocycles. The molecule has 2 heterocycles. The Kier molecular flexibility index (Phi) is 7.06. The zero-order valence-corrected chi connectivity index (χ0v) is 18.7. The van der Waals surface area contributed by atoms with Gasteiger partial charge in [0.15, 0.2) is 5.16 Å². The molecule has 1 amide bonds. The molecule has 0 radical (unpaired) electrons. The van der Waals surface area contributed by atoms with Crippen LogP contribution in [0.25, 0.3) is 5.69 Å². The molecule has 0 saturated heterocycles. The van der Waals surface area contributed by atoms with E-state index in [4.69, 9.17) is 0 Å². The first kappa shape index (κ1) is 21.2. The van der Waals surface area contributed by atoms with E-state index in [-0.39, 0.29) is 11.7 Å². The molecule has 1 N–H and O–H groups in total. The van der Waals surface area contributed by atoms with E-state index in [1.807, 2.05) is 53.1 Å². The number of para-hydroxylation sites is 1. The summed E-state index contributed by atoms with van der Waals surface area (Å²) in [6, 6.07) is 20.1. The summed E-state index contributed by atoms with van der Waals surface area (Å²) in [7, 11) is 0. The van der Waals surface area contributed by atoms with E-state index >= 15 is 0 Å². The lowest BCUT2D eigenvalue weighted by molar-refractivity contribution is -0.113. The van der Waals surface area contributed by atoms with Crippen molar-refractivity contribution in [3.8, 4) is 5.69 Å². The monoisotopic (exact) mass is 450 g/mol. The van der Waals surface area contributed by atoms with Crippen LogP contribution in [0.1, 0.15) is 29.7 Å². The largest absolute Gasteiger partial charge is 0.300 e. The van der Waals surface area contributed by atoms with Crippen LogP contribution in [0.4, 0.5) is 5.13 Å². The number of thioether (sulfide) groups is 1. The van der Waals surface area contributed by atoms with E-state index in [2.05, 4.69) is 44.8 Å². The Labute approximate surface area is 189 Å². The molecule has 158 valence electrons. The molecule has 9 heteroatoms. The maximum atomic E-state index is 12.4. The highest BCUT2D eigenvalue weighted by molar-refractivity contribution is 7.99. The number of carbonyl (C=O) groups excluding carboxylic acids is 1. The molecule has 4 aromatic rings. The van der Waals surface area contributed by atoms with Gasteiger partial charge in [0.2, 0.25) is 11.0 Å². The van der Waals surface area contributed by atoms with Gasteiger partial charge in [0.1, 0.15) is 10.8 Å². The quantitative estimate of drug-likeness (QED) is 0.381. The lowest BCUT2D eigenvalue weighted by Crippen LogP contribution is -2.14. The van der Waals surface area contributed by atoms with Gasteiger partial charge < -0.3 is 0 Å². The predicted molar refractivity (Wildman–Crippen MR) is 124 cm³/mol. The predicted octanol–water partition coefficient (Wildman–Crippen LogP) is 4.39. The van der Waals surface area contributed by atoms with Gasteiger partial charge in [-0.05, 0) is 24.1 Å². The van der Waals surface area contributed by atoms with Crippen molar-refractivity contribution in [2.45, 2.75) is 31.3 Å². The molecule has 0 aliphatic carbocycles. The Bertz CT molecular complexity index is 1130. The fraction of sp³-hybridized carbons (Fsp3) is 0.227. The zero-order valence-electron chi connectivity index (χ0n) is 17.1. The Morgan fingerprint density at radius 1 is 1.00 bits per heavy atom. The molecular weight excluding hydrogens is 428 g/mol. The van der Waals surface area contributed by atoms with Gasteiger partial charge in [0.05, 0.1) is 5.75 Å². The Hall–Kier alpha value is -3.04. The first-order valence-electron chi connectivity index (χ1n) is 10.0. The normalized spacial score (nSPS) is 10.9. The number of carbonyl (C=O) groups is 1. The van der Waals surface area contributed by atoms with E-state index in [1.54, 1.807) is 0 Å². The van der Waals surface area contributed by atoms with Crippen LogP contribution in [0, 0.1) is 0 Å². The second-order valence-electron chi connectivity index (χ2n) is 6.82. The summed E-state index contributed by atoms with van der Waals surface area (Å²) in [6.07, 6.45) is 2.52. The molecule has 4 rings (SSSR count). The fourth-order valence-electron chi connectivity index (χ4n) is 3.03. The van der Waals surface area contributed by atoms with Crippen LogP contribution in [0.2, 0.25) is 0 Å². The smallest absolute Gasteiger partial charge is 0.236 e. The molecule has 0 saturated carbocycles. The Balaban J connectivity index is 1.49. The molecule has 31 heavy (non-hydrogen) atoms. The summed E-state index contributed by atoms with van der Waals surface area (Å²) in [5.74, 6) is 0.893.